The van der Waals surface area contributed by atoms with Crippen LogP contribution in [0.4, 0.5) is 10.3 Å². The lowest BCUT2D eigenvalue weighted by Gasteiger charge is -2.29. The molecule has 0 aliphatic heterocycles. The van der Waals surface area contributed by atoms with Crippen LogP contribution in [0.2, 0.25) is 0 Å². The molecule has 1 fully saturated rings. The fourth-order valence-electron chi connectivity index (χ4n) is 4.68. The Morgan fingerprint density at radius 2 is 1.73 bits per heavy atom. The van der Waals surface area contributed by atoms with Gasteiger partial charge in [0.15, 0.2) is 0 Å². The topological polar surface area (TPSA) is 99.9 Å². The number of rotatable bonds is 6. The van der Waals surface area contributed by atoms with E-state index in [9.17, 15) is 14.4 Å². The number of nitrogens with one attached hydrogen (secondary N) is 2. The van der Waals surface area contributed by atoms with Crippen molar-refractivity contribution in [3.8, 4) is 17.7 Å². The van der Waals surface area contributed by atoms with Gasteiger partial charge < -0.3 is 15.4 Å². The molecule has 2 heterocycles. The molecule has 7 nitrogen and oxygen atoms in total. The molecule has 37 heavy (non-hydrogen) atoms. The number of fused-ring (bicyclic) bond motifs is 1. The molecule has 5 rings (SSSR count). The van der Waals surface area contributed by atoms with Crippen molar-refractivity contribution in [2.45, 2.75) is 51.6 Å². The normalized spacial score (nSPS) is 17.2. The van der Waals surface area contributed by atoms with Crippen LogP contribution in [0, 0.1) is 31.0 Å². The van der Waals surface area contributed by atoms with Crippen LogP contribution in [-0.2, 0) is 0 Å². The summed E-state index contributed by atoms with van der Waals surface area (Å²) in [6.07, 6.45) is 3.34. The average Bonchev–Trinajstić information content (AvgIpc) is 3.36. The van der Waals surface area contributed by atoms with Crippen LogP contribution >= 0.6 is 11.3 Å². The third-order valence-corrected chi connectivity index (χ3v) is 7.45. The molecule has 2 N–H and O–H groups in total. The molecule has 0 spiro atoms. The minimum absolute atomic E-state index is 0.0668. The summed E-state index contributed by atoms with van der Waals surface area (Å²) in [7, 11) is 0. The van der Waals surface area contributed by atoms with Crippen LogP contribution in [0.25, 0.3) is 10.2 Å². The standard InChI is InChI=1S/C28H26FN5O2S/c1-16-13-18(15-30)14-17(2)24(16)36-27-25-23(11-12-37-25)33-28(34-27)32-22-9-7-21(8-10-22)31-26(35)19-3-5-20(29)6-4-19/h3-6,11-14,21-22H,7-10H2,1-2H3,(H,31,35)(H,32,33,34). The van der Waals surface area contributed by atoms with E-state index in [1.165, 1.54) is 35.6 Å². The Bertz CT molecular complexity index is 1460. The molecular formula is C28H26FN5O2S. The first kappa shape index (κ1) is 24.7. The van der Waals surface area contributed by atoms with Crippen molar-refractivity contribution < 1.29 is 13.9 Å². The zero-order valence-corrected chi connectivity index (χ0v) is 21.4. The molecule has 0 saturated heterocycles. The van der Waals surface area contributed by atoms with Crippen LogP contribution in [0.15, 0.2) is 47.8 Å². The molecule has 1 saturated carbocycles. The molecule has 1 aliphatic carbocycles. The molecule has 2 aromatic heterocycles. The number of nitriles is 1. The summed E-state index contributed by atoms with van der Waals surface area (Å²) in [5.74, 6) is 1.14. The summed E-state index contributed by atoms with van der Waals surface area (Å²) in [6.45, 7) is 3.84. The highest BCUT2D eigenvalue weighted by molar-refractivity contribution is 7.17. The number of carbonyl (C=O) groups excluding carboxylic acids is 1. The van der Waals surface area contributed by atoms with Crippen LogP contribution in [-0.4, -0.2) is 28.0 Å². The first-order chi connectivity index (χ1) is 17.9. The minimum Gasteiger partial charge on any atom is -0.437 e. The predicted molar refractivity (Wildman–Crippen MR) is 142 cm³/mol. The average molecular weight is 516 g/mol. The fourth-order valence-corrected chi connectivity index (χ4v) is 5.43. The summed E-state index contributed by atoms with van der Waals surface area (Å²) in [6, 6.07) is 13.6. The largest absolute Gasteiger partial charge is 0.437 e. The Kier molecular flexibility index (Phi) is 7.01. The van der Waals surface area contributed by atoms with Crippen molar-refractivity contribution in [1.29, 1.82) is 5.26 Å². The summed E-state index contributed by atoms with van der Waals surface area (Å²) in [4.78, 5) is 21.9. The number of carbonyl (C=O) groups is 1. The van der Waals surface area contributed by atoms with Gasteiger partial charge in [-0.2, -0.15) is 10.2 Å². The van der Waals surface area contributed by atoms with E-state index < -0.39 is 0 Å². The number of aromatic nitrogens is 2. The second-order valence-electron chi connectivity index (χ2n) is 9.31. The van der Waals surface area contributed by atoms with Crippen molar-refractivity contribution in [1.82, 2.24) is 15.3 Å². The van der Waals surface area contributed by atoms with E-state index in [4.69, 9.17) is 9.72 Å². The van der Waals surface area contributed by atoms with E-state index >= 15 is 0 Å². The monoisotopic (exact) mass is 515 g/mol. The molecule has 1 aliphatic rings. The Hall–Kier alpha value is -4.03. The molecule has 0 unspecified atom stereocenters. The number of benzene rings is 2. The van der Waals surface area contributed by atoms with Crippen molar-refractivity contribution in [3.63, 3.8) is 0 Å². The van der Waals surface area contributed by atoms with Gasteiger partial charge in [-0.1, -0.05) is 0 Å². The molecule has 9 heteroatoms. The molecule has 0 atom stereocenters. The number of nitrogens with zero attached hydrogens (tertiary/aromatic N) is 3. The van der Waals surface area contributed by atoms with Gasteiger partial charge in [0.25, 0.3) is 5.91 Å². The Balaban J connectivity index is 1.26. The van der Waals surface area contributed by atoms with Gasteiger partial charge in [-0.25, -0.2) is 9.37 Å². The van der Waals surface area contributed by atoms with E-state index in [0.29, 0.717) is 28.7 Å². The second-order valence-corrected chi connectivity index (χ2v) is 10.2. The third-order valence-electron chi connectivity index (χ3n) is 6.56. The highest BCUT2D eigenvalue weighted by Gasteiger charge is 2.24. The fraction of sp³-hybridized carbons (Fsp3) is 0.286. The van der Waals surface area contributed by atoms with Gasteiger partial charge >= 0.3 is 0 Å². The number of aryl methyl sites for hydroxylation is 2. The lowest BCUT2D eigenvalue weighted by atomic mass is 9.91. The van der Waals surface area contributed by atoms with Crippen LogP contribution in [0.3, 0.4) is 0 Å². The van der Waals surface area contributed by atoms with E-state index in [-0.39, 0.29) is 23.8 Å². The lowest BCUT2D eigenvalue weighted by molar-refractivity contribution is 0.0926. The number of amides is 1. The quantitative estimate of drug-likeness (QED) is 0.314. The number of anilines is 1. The maximum absolute atomic E-state index is 13.1. The maximum atomic E-state index is 13.1. The van der Waals surface area contributed by atoms with Crippen LogP contribution in [0.1, 0.15) is 52.7 Å². The SMILES string of the molecule is Cc1cc(C#N)cc(C)c1Oc1nc(NC2CCC(NC(=O)c3ccc(F)cc3)CC2)nc2ccsc12. The molecular weight excluding hydrogens is 489 g/mol. The maximum Gasteiger partial charge on any atom is 0.251 e. The van der Waals surface area contributed by atoms with Gasteiger partial charge in [-0.05, 0) is 98.5 Å². The number of hydrogen-bond donors (Lipinski definition) is 2. The molecule has 0 radical (unpaired) electrons. The summed E-state index contributed by atoms with van der Waals surface area (Å²) >= 11 is 1.52. The van der Waals surface area contributed by atoms with Crippen molar-refractivity contribution in [2.75, 3.05) is 5.32 Å². The van der Waals surface area contributed by atoms with Gasteiger partial charge in [0.1, 0.15) is 16.3 Å². The summed E-state index contributed by atoms with van der Waals surface area (Å²) < 4.78 is 20.3. The highest BCUT2D eigenvalue weighted by Crippen LogP contribution is 2.36. The van der Waals surface area contributed by atoms with E-state index in [2.05, 4.69) is 21.7 Å². The summed E-state index contributed by atoms with van der Waals surface area (Å²) in [5, 5.41) is 17.7. The van der Waals surface area contributed by atoms with E-state index in [1.54, 1.807) is 0 Å². The molecule has 4 aromatic rings. The van der Waals surface area contributed by atoms with Gasteiger partial charge in [0, 0.05) is 17.6 Å². The van der Waals surface area contributed by atoms with Crippen molar-refractivity contribution in [2.24, 2.45) is 0 Å². The zero-order chi connectivity index (χ0) is 25.9. The lowest BCUT2D eigenvalue weighted by Crippen LogP contribution is -2.40. The number of halogens is 1. The van der Waals surface area contributed by atoms with Gasteiger partial charge in [0.05, 0.1) is 17.1 Å². The van der Waals surface area contributed by atoms with Gasteiger partial charge in [-0.3, -0.25) is 4.79 Å². The second kappa shape index (κ2) is 10.5. The molecule has 188 valence electrons. The van der Waals surface area contributed by atoms with Gasteiger partial charge in [0.2, 0.25) is 11.8 Å². The Morgan fingerprint density at radius 3 is 2.41 bits per heavy atom. The molecule has 2 aromatic carbocycles. The molecule has 0 bridgehead atoms. The predicted octanol–water partition coefficient (Wildman–Crippen LogP) is 6.26. The number of hydrogen-bond acceptors (Lipinski definition) is 7. The first-order valence-electron chi connectivity index (χ1n) is 12.2. The highest BCUT2D eigenvalue weighted by atomic mass is 32.1. The minimum atomic E-state index is -0.360. The third kappa shape index (κ3) is 5.54. The number of ether oxygens (including phenoxy) is 1. The van der Waals surface area contributed by atoms with Gasteiger partial charge in [-0.15, -0.1) is 11.3 Å². The van der Waals surface area contributed by atoms with Crippen LogP contribution < -0.4 is 15.4 Å². The zero-order valence-electron chi connectivity index (χ0n) is 20.5. The Morgan fingerprint density at radius 1 is 1.05 bits per heavy atom. The molecule has 1 amide bonds. The Labute approximate surface area is 218 Å². The van der Waals surface area contributed by atoms with Crippen molar-refractivity contribution >= 4 is 33.4 Å². The number of thiophene rings is 1. The van der Waals surface area contributed by atoms with Crippen LogP contribution in [0.5, 0.6) is 11.6 Å². The van der Waals surface area contributed by atoms with Crippen molar-refractivity contribution in [3.05, 3.63) is 75.9 Å². The first-order valence-corrected chi connectivity index (χ1v) is 13.0. The smallest absolute Gasteiger partial charge is 0.251 e. The summed E-state index contributed by atoms with van der Waals surface area (Å²) in [5.41, 5.74) is 3.60. The van der Waals surface area contributed by atoms with E-state index in [1.807, 2.05) is 37.4 Å². The van der Waals surface area contributed by atoms with E-state index in [0.717, 1.165) is 47.0 Å².